The first-order valence-corrected chi connectivity index (χ1v) is 10.7. The number of anilines is 1. The lowest BCUT2D eigenvalue weighted by atomic mass is 10.2. The van der Waals surface area contributed by atoms with Crippen LogP contribution in [0.25, 0.3) is 0 Å². The molecule has 0 amide bonds. The van der Waals surface area contributed by atoms with Gasteiger partial charge in [-0.05, 0) is 36.5 Å². The van der Waals surface area contributed by atoms with Gasteiger partial charge < -0.3 is 23.5 Å². The van der Waals surface area contributed by atoms with Gasteiger partial charge in [0.1, 0.15) is 12.4 Å². The molecule has 2 aliphatic heterocycles. The van der Waals surface area contributed by atoms with Crippen molar-refractivity contribution < 1.29 is 18.6 Å². The molecule has 2 aromatic carbocycles. The lowest BCUT2D eigenvalue weighted by molar-refractivity contribution is 0.0706. The van der Waals surface area contributed by atoms with Crippen LogP contribution in [-0.4, -0.2) is 54.6 Å². The maximum atomic E-state index is 5.99. The van der Waals surface area contributed by atoms with Gasteiger partial charge in [0.2, 0.25) is 6.10 Å². The summed E-state index contributed by atoms with van der Waals surface area (Å²) < 4.78 is 24.7. The SMILES string of the molecule is COc1ccccc1N1CCN(Cn2nc([C@@H]3COc4ccccc4O3)oc2=S)CC1. The van der Waals surface area contributed by atoms with Gasteiger partial charge in [-0.2, -0.15) is 0 Å². The second kappa shape index (κ2) is 8.60. The van der Waals surface area contributed by atoms with E-state index >= 15 is 0 Å². The zero-order chi connectivity index (χ0) is 21.2. The van der Waals surface area contributed by atoms with Crippen LogP contribution in [0, 0.1) is 4.84 Å². The fourth-order valence-corrected chi connectivity index (χ4v) is 4.08. The predicted octanol–water partition coefficient (Wildman–Crippen LogP) is 3.51. The second-order valence-electron chi connectivity index (χ2n) is 7.49. The number of hydrogen-bond acceptors (Lipinski definition) is 8. The van der Waals surface area contributed by atoms with Gasteiger partial charge in [-0.25, -0.2) is 4.68 Å². The summed E-state index contributed by atoms with van der Waals surface area (Å²) in [5, 5.41) is 4.57. The van der Waals surface area contributed by atoms with Gasteiger partial charge in [0.05, 0.1) is 19.5 Å². The summed E-state index contributed by atoms with van der Waals surface area (Å²) in [6, 6.07) is 15.7. The molecule has 0 bridgehead atoms. The molecule has 0 radical (unpaired) electrons. The van der Waals surface area contributed by atoms with Crippen molar-refractivity contribution in [2.24, 2.45) is 0 Å². The minimum atomic E-state index is -0.416. The van der Waals surface area contributed by atoms with Crippen molar-refractivity contribution in [2.45, 2.75) is 12.8 Å². The van der Waals surface area contributed by atoms with Crippen LogP contribution in [-0.2, 0) is 6.67 Å². The van der Waals surface area contributed by atoms with Crippen molar-refractivity contribution in [3.63, 3.8) is 0 Å². The third-order valence-corrected chi connectivity index (χ3v) is 5.83. The van der Waals surface area contributed by atoms with Crippen molar-refractivity contribution in [1.82, 2.24) is 14.7 Å². The fraction of sp³-hybridized carbons (Fsp3) is 0.364. The van der Waals surface area contributed by atoms with Gasteiger partial charge in [-0.15, -0.1) is 5.10 Å². The topological polar surface area (TPSA) is 65.1 Å². The summed E-state index contributed by atoms with van der Waals surface area (Å²) in [6.45, 7) is 4.48. The third kappa shape index (κ3) is 4.11. The Balaban J connectivity index is 1.22. The van der Waals surface area contributed by atoms with E-state index < -0.39 is 6.10 Å². The maximum Gasteiger partial charge on any atom is 0.288 e. The molecule has 9 heteroatoms. The Bertz CT molecular complexity index is 1110. The first kappa shape index (κ1) is 19.9. The van der Waals surface area contributed by atoms with Gasteiger partial charge in [0.15, 0.2) is 11.5 Å². The van der Waals surface area contributed by atoms with Crippen LogP contribution in [0.3, 0.4) is 0 Å². The van der Waals surface area contributed by atoms with Crippen molar-refractivity contribution in [2.75, 3.05) is 44.8 Å². The number of ether oxygens (including phenoxy) is 3. The van der Waals surface area contributed by atoms with Gasteiger partial charge in [0, 0.05) is 26.2 Å². The quantitative estimate of drug-likeness (QED) is 0.559. The smallest absolute Gasteiger partial charge is 0.288 e. The first-order valence-electron chi connectivity index (χ1n) is 10.3. The first-order chi connectivity index (χ1) is 15.2. The zero-order valence-electron chi connectivity index (χ0n) is 17.3. The number of benzene rings is 2. The largest absolute Gasteiger partial charge is 0.495 e. The van der Waals surface area contributed by atoms with Crippen molar-refractivity contribution in [3.8, 4) is 17.2 Å². The lowest BCUT2D eigenvalue weighted by Gasteiger charge is -2.36. The number of methoxy groups -OCH3 is 1. The fourth-order valence-electron chi connectivity index (χ4n) is 3.89. The minimum absolute atomic E-state index is 0.337. The summed E-state index contributed by atoms with van der Waals surface area (Å²) in [5.41, 5.74) is 1.12. The van der Waals surface area contributed by atoms with E-state index in [1.54, 1.807) is 11.8 Å². The Labute approximate surface area is 185 Å². The molecule has 2 aliphatic rings. The number of nitrogens with zero attached hydrogens (tertiary/aromatic N) is 4. The van der Waals surface area contributed by atoms with Crippen LogP contribution in [0.15, 0.2) is 52.9 Å². The van der Waals surface area contributed by atoms with Crippen LogP contribution >= 0.6 is 12.2 Å². The number of para-hydroxylation sites is 4. The van der Waals surface area contributed by atoms with Crippen LogP contribution in [0.4, 0.5) is 5.69 Å². The van der Waals surface area contributed by atoms with Crippen LogP contribution < -0.4 is 19.1 Å². The average Bonchev–Trinajstić information content (AvgIpc) is 3.19. The molecule has 8 nitrogen and oxygen atoms in total. The highest BCUT2D eigenvalue weighted by molar-refractivity contribution is 7.71. The average molecular weight is 441 g/mol. The Kier molecular flexibility index (Phi) is 5.52. The van der Waals surface area contributed by atoms with Crippen LogP contribution in [0.2, 0.25) is 0 Å². The Morgan fingerprint density at radius 2 is 1.77 bits per heavy atom. The number of rotatable bonds is 5. The lowest BCUT2D eigenvalue weighted by Crippen LogP contribution is -2.47. The van der Waals surface area contributed by atoms with Crippen molar-refractivity contribution >= 4 is 17.9 Å². The molecule has 0 spiro atoms. The van der Waals surface area contributed by atoms with Gasteiger partial charge in [0.25, 0.3) is 10.7 Å². The van der Waals surface area contributed by atoms with E-state index in [2.05, 4.69) is 21.0 Å². The molecule has 5 rings (SSSR count). The molecule has 0 unspecified atom stereocenters. The monoisotopic (exact) mass is 440 g/mol. The molecule has 1 aromatic heterocycles. The highest BCUT2D eigenvalue weighted by Crippen LogP contribution is 2.35. The molecule has 31 heavy (non-hydrogen) atoms. The van der Waals surface area contributed by atoms with Crippen molar-refractivity contribution in [3.05, 3.63) is 59.3 Å². The highest BCUT2D eigenvalue weighted by Gasteiger charge is 2.28. The van der Waals surface area contributed by atoms with E-state index in [-0.39, 0.29) is 0 Å². The van der Waals surface area contributed by atoms with E-state index in [1.165, 1.54) is 0 Å². The molecule has 0 aliphatic carbocycles. The Hall–Kier alpha value is -3.04. The summed E-state index contributed by atoms with van der Waals surface area (Å²) in [7, 11) is 1.71. The molecule has 3 aromatic rings. The molecule has 1 saturated heterocycles. The summed E-state index contributed by atoms with van der Waals surface area (Å²) in [5.74, 6) is 2.74. The standard InChI is InChI=1S/C22H24N4O4S/c1-27-17-7-3-2-6-16(17)25-12-10-24(11-13-25)15-26-22(31)30-21(23-26)20-14-28-18-8-4-5-9-19(18)29-20/h2-9,20H,10-15H2,1H3/t20-/m0/s1. The van der Waals surface area contributed by atoms with E-state index in [4.69, 9.17) is 30.8 Å². The molecule has 3 heterocycles. The Morgan fingerprint density at radius 3 is 2.58 bits per heavy atom. The molecule has 1 atom stereocenters. The van der Waals surface area contributed by atoms with E-state index in [0.29, 0.717) is 29.8 Å². The van der Waals surface area contributed by atoms with Gasteiger partial charge in [-0.3, -0.25) is 4.90 Å². The molecule has 162 valence electrons. The minimum Gasteiger partial charge on any atom is -0.495 e. The van der Waals surface area contributed by atoms with E-state index in [0.717, 1.165) is 43.4 Å². The van der Waals surface area contributed by atoms with Crippen LogP contribution in [0.5, 0.6) is 17.2 Å². The maximum absolute atomic E-state index is 5.99. The molecular formula is C22H24N4O4S. The Morgan fingerprint density at radius 1 is 1.03 bits per heavy atom. The highest BCUT2D eigenvalue weighted by atomic mass is 32.1. The van der Waals surface area contributed by atoms with Gasteiger partial charge in [-0.1, -0.05) is 24.3 Å². The van der Waals surface area contributed by atoms with Crippen LogP contribution in [0.1, 0.15) is 12.0 Å². The molecule has 1 fully saturated rings. The van der Waals surface area contributed by atoms with E-state index in [9.17, 15) is 0 Å². The number of hydrogen-bond donors (Lipinski definition) is 0. The summed E-state index contributed by atoms with van der Waals surface area (Å²) in [4.78, 5) is 4.99. The zero-order valence-corrected chi connectivity index (χ0v) is 18.1. The second-order valence-corrected chi connectivity index (χ2v) is 7.84. The molecule has 0 N–H and O–H groups in total. The molecule has 0 saturated carbocycles. The summed E-state index contributed by atoms with van der Waals surface area (Å²) >= 11 is 5.40. The van der Waals surface area contributed by atoms with Crippen molar-refractivity contribution in [1.29, 1.82) is 0 Å². The predicted molar refractivity (Wildman–Crippen MR) is 117 cm³/mol. The normalized spacial score (nSPS) is 18.7. The third-order valence-electron chi connectivity index (χ3n) is 5.54. The van der Waals surface area contributed by atoms with Gasteiger partial charge >= 0.3 is 0 Å². The molecular weight excluding hydrogens is 416 g/mol. The number of piperazine rings is 1. The summed E-state index contributed by atoms with van der Waals surface area (Å²) in [6.07, 6.45) is -0.416. The number of aromatic nitrogens is 2. The number of fused-ring (bicyclic) bond motifs is 1. The van der Waals surface area contributed by atoms with E-state index in [1.807, 2.05) is 42.5 Å².